The topological polar surface area (TPSA) is 40.9 Å². The molecule has 0 aromatic carbocycles. The second-order valence-electron chi connectivity index (χ2n) is 9.77. The van der Waals surface area contributed by atoms with Crippen molar-refractivity contribution >= 4 is 11.4 Å². The van der Waals surface area contributed by atoms with Crippen LogP contribution < -0.4 is 0 Å². The van der Waals surface area contributed by atoms with Crippen LogP contribution in [0.2, 0.25) is 0 Å². The van der Waals surface area contributed by atoms with Gasteiger partial charge in [-0.3, -0.25) is 9.69 Å². The Kier molecular flexibility index (Phi) is 3.84. The molecule has 4 atom stereocenters. The van der Waals surface area contributed by atoms with Gasteiger partial charge in [-0.25, -0.2) is 4.52 Å². The lowest BCUT2D eigenvalue weighted by atomic mass is 9.74. The number of fused-ring (bicyclic) bond motifs is 5. The van der Waals surface area contributed by atoms with Gasteiger partial charge in [0.2, 0.25) is 0 Å². The van der Waals surface area contributed by atoms with Crippen molar-refractivity contribution in [1.29, 1.82) is 0 Å². The number of aryl methyl sites for hydroxylation is 1. The van der Waals surface area contributed by atoms with Crippen LogP contribution in [0.5, 0.6) is 0 Å². The van der Waals surface area contributed by atoms with Crippen molar-refractivity contribution in [3.63, 3.8) is 0 Å². The highest BCUT2D eigenvalue weighted by molar-refractivity contribution is 6.00. The van der Waals surface area contributed by atoms with Gasteiger partial charge in [-0.15, -0.1) is 0 Å². The van der Waals surface area contributed by atoms with E-state index in [-0.39, 0.29) is 5.91 Å². The van der Waals surface area contributed by atoms with Crippen LogP contribution in [0.1, 0.15) is 54.4 Å². The molecular weight excluding hydrogens is 348 g/mol. The number of carbonyl (C=O) groups is 1. The van der Waals surface area contributed by atoms with Gasteiger partial charge in [0.25, 0.3) is 5.91 Å². The Morgan fingerprint density at radius 3 is 2.68 bits per heavy atom. The molecule has 4 fully saturated rings. The number of carbonyl (C=O) groups excluding carboxylic acids is 1. The summed E-state index contributed by atoms with van der Waals surface area (Å²) in [6.45, 7) is 5.11. The molecule has 5 nitrogen and oxygen atoms in total. The van der Waals surface area contributed by atoms with Crippen molar-refractivity contribution < 1.29 is 4.79 Å². The van der Waals surface area contributed by atoms with Crippen molar-refractivity contribution in [3.8, 4) is 0 Å². The molecule has 5 heterocycles. The lowest BCUT2D eigenvalue weighted by molar-refractivity contribution is -0.0550. The first-order valence-corrected chi connectivity index (χ1v) is 11.2. The van der Waals surface area contributed by atoms with Crippen LogP contribution in [0.3, 0.4) is 0 Å². The summed E-state index contributed by atoms with van der Waals surface area (Å²) in [6.07, 6.45) is 12.1. The Labute approximate surface area is 166 Å². The standard InChI is InChI=1S/C23H30N4O/c1-15-5-8-22-19(10-24-27(22)11-15)23(28)25-12-16-9-18(14-25)21-4-2-3-20(17-6-7-17)26(21)13-16/h5,8,10-11,16-18,20-21H,2-4,6-7,9,12-14H2,1H3/t16-,18+,20+,21-/m0/s1. The second kappa shape index (κ2) is 6.31. The minimum atomic E-state index is 0.177. The lowest BCUT2D eigenvalue weighted by Gasteiger charge is -2.55. The van der Waals surface area contributed by atoms with Crippen LogP contribution in [-0.4, -0.2) is 57.0 Å². The fourth-order valence-corrected chi connectivity index (χ4v) is 6.42. The molecule has 2 aromatic heterocycles. The Bertz CT molecular complexity index is 916. The van der Waals surface area contributed by atoms with Gasteiger partial charge in [-0.2, -0.15) is 5.10 Å². The quantitative estimate of drug-likeness (QED) is 0.805. The van der Waals surface area contributed by atoms with E-state index in [0.29, 0.717) is 17.9 Å². The molecule has 0 N–H and O–H groups in total. The maximum atomic E-state index is 13.4. The summed E-state index contributed by atoms with van der Waals surface area (Å²) in [5.41, 5.74) is 2.85. The Morgan fingerprint density at radius 1 is 1.04 bits per heavy atom. The van der Waals surface area contributed by atoms with Crippen LogP contribution in [0, 0.1) is 24.7 Å². The number of pyridine rings is 1. The molecule has 148 valence electrons. The van der Waals surface area contributed by atoms with Crippen LogP contribution >= 0.6 is 0 Å². The van der Waals surface area contributed by atoms with Crippen LogP contribution in [0.25, 0.3) is 5.52 Å². The van der Waals surface area contributed by atoms with Crippen LogP contribution in [0.15, 0.2) is 24.5 Å². The predicted octanol–water partition coefficient (Wildman–Crippen LogP) is 3.37. The summed E-state index contributed by atoms with van der Waals surface area (Å²) >= 11 is 0. The van der Waals surface area contributed by atoms with Gasteiger partial charge in [-0.1, -0.05) is 12.5 Å². The van der Waals surface area contributed by atoms with Gasteiger partial charge >= 0.3 is 0 Å². The molecule has 1 amide bonds. The average molecular weight is 379 g/mol. The zero-order valence-electron chi connectivity index (χ0n) is 16.8. The molecule has 1 aliphatic carbocycles. The van der Waals surface area contributed by atoms with E-state index < -0.39 is 0 Å². The van der Waals surface area contributed by atoms with E-state index in [1.807, 2.05) is 16.8 Å². The highest BCUT2D eigenvalue weighted by Crippen LogP contribution is 2.46. The summed E-state index contributed by atoms with van der Waals surface area (Å²) in [7, 11) is 0. The van der Waals surface area contributed by atoms with E-state index in [9.17, 15) is 4.79 Å². The largest absolute Gasteiger partial charge is 0.338 e. The zero-order valence-corrected chi connectivity index (χ0v) is 16.8. The van der Waals surface area contributed by atoms with Gasteiger partial charge < -0.3 is 4.90 Å². The molecule has 0 radical (unpaired) electrons. The summed E-state index contributed by atoms with van der Waals surface area (Å²) in [6, 6.07) is 5.65. The summed E-state index contributed by atoms with van der Waals surface area (Å²) < 4.78 is 1.84. The molecule has 3 saturated heterocycles. The zero-order chi connectivity index (χ0) is 18.8. The number of nitrogens with zero attached hydrogens (tertiary/aromatic N) is 4. The third-order valence-corrected chi connectivity index (χ3v) is 7.78. The second-order valence-corrected chi connectivity index (χ2v) is 9.77. The molecule has 5 heteroatoms. The number of aromatic nitrogens is 2. The molecule has 4 aliphatic rings. The highest BCUT2D eigenvalue weighted by atomic mass is 16.2. The Morgan fingerprint density at radius 2 is 1.86 bits per heavy atom. The summed E-state index contributed by atoms with van der Waals surface area (Å²) in [4.78, 5) is 18.4. The Balaban J connectivity index is 1.25. The Hall–Kier alpha value is -1.88. The lowest BCUT2D eigenvalue weighted by Crippen LogP contribution is -2.62. The number of likely N-dealkylation sites (tertiary alicyclic amines) is 1. The number of amides is 1. The van der Waals surface area contributed by atoms with Gasteiger partial charge in [-0.05, 0) is 68.4 Å². The fourth-order valence-electron chi connectivity index (χ4n) is 6.42. The minimum Gasteiger partial charge on any atom is -0.338 e. The smallest absolute Gasteiger partial charge is 0.257 e. The van der Waals surface area contributed by atoms with Gasteiger partial charge in [0, 0.05) is 37.9 Å². The van der Waals surface area contributed by atoms with E-state index in [4.69, 9.17) is 0 Å². The third-order valence-electron chi connectivity index (χ3n) is 7.78. The average Bonchev–Trinajstić information content (AvgIpc) is 3.46. The third kappa shape index (κ3) is 2.70. The maximum Gasteiger partial charge on any atom is 0.257 e. The van der Waals surface area contributed by atoms with E-state index in [0.717, 1.165) is 41.7 Å². The van der Waals surface area contributed by atoms with Crippen molar-refractivity contribution in [3.05, 3.63) is 35.7 Å². The molecule has 28 heavy (non-hydrogen) atoms. The molecule has 2 aromatic rings. The van der Waals surface area contributed by atoms with Crippen molar-refractivity contribution in [1.82, 2.24) is 19.4 Å². The first kappa shape index (κ1) is 17.0. The van der Waals surface area contributed by atoms with Gasteiger partial charge in [0.05, 0.1) is 17.3 Å². The molecule has 6 rings (SSSR count). The van der Waals surface area contributed by atoms with E-state index in [2.05, 4.69) is 27.9 Å². The molecule has 1 saturated carbocycles. The summed E-state index contributed by atoms with van der Waals surface area (Å²) in [5, 5.41) is 4.43. The minimum absolute atomic E-state index is 0.177. The monoisotopic (exact) mass is 378 g/mol. The van der Waals surface area contributed by atoms with E-state index >= 15 is 0 Å². The SMILES string of the molecule is Cc1ccc2c(C(=O)N3C[C@@H]4C[C@H](C3)[C@@H]3CCC[C@H](C5CC5)N3C4)cnn2c1. The predicted molar refractivity (Wildman–Crippen MR) is 108 cm³/mol. The number of rotatable bonds is 2. The number of piperidine rings is 3. The molecular formula is C23H30N4O. The molecule has 3 aliphatic heterocycles. The fraction of sp³-hybridized carbons (Fsp3) is 0.652. The normalized spacial score (nSPS) is 33.1. The summed E-state index contributed by atoms with van der Waals surface area (Å²) in [5.74, 6) is 2.45. The van der Waals surface area contributed by atoms with Crippen molar-refractivity contribution in [2.45, 2.75) is 57.5 Å². The van der Waals surface area contributed by atoms with Crippen LogP contribution in [-0.2, 0) is 0 Å². The number of hydrogen-bond acceptors (Lipinski definition) is 3. The van der Waals surface area contributed by atoms with E-state index in [1.165, 1.54) is 45.1 Å². The molecule has 0 unspecified atom stereocenters. The van der Waals surface area contributed by atoms with Crippen molar-refractivity contribution in [2.24, 2.45) is 17.8 Å². The number of hydrogen-bond donors (Lipinski definition) is 0. The van der Waals surface area contributed by atoms with Crippen LogP contribution in [0.4, 0.5) is 0 Å². The van der Waals surface area contributed by atoms with Gasteiger partial charge in [0.15, 0.2) is 0 Å². The van der Waals surface area contributed by atoms with Crippen molar-refractivity contribution in [2.75, 3.05) is 19.6 Å². The first-order valence-electron chi connectivity index (χ1n) is 11.2. The van der Waals surface area contributed by atoms with Gasteiger partial charge in [0.1, 0.15) is 0 Å². The maximum absolute atomic E-state index is 13.4. The first-order chi connectivity index (χ1) is 13.7. The molecule has 0 spiro atoms. The van der Waals surface area contributed by atoms with E-state index in [1.54, 1.807) is 6.20 Å². The molecule has 2 bridgehead atoms. The highest BCUT2D eigenvalue weighted by Gasteiger charge is 2.48.